The SMILES string of the molecule is CC.Cc1ccc(-c2nc(C(C)(c3ccc(-c4cnc(N)nc4)nc3)C(C)C)no2)cc1. The van der Waals surface area contributed by atoms with Gasteiger partial charge in [-0.2, -0.15) is 4.98 Å². The van der Waals surface area contributed by atoms with Gasteiger partial charge < -0.3 is 10.3 Å². The van der Waals surface area contributed by atoms with Crippen LogP contribution in [0.1, 0.15) is 51.6 Å². The Labute approximate surface area is 189 Å². The van der Waals surface area contributed by atoms with E-state index >= 15 is 0 Å². The molecule has 1 unspecified atom stereocenters. The molecule has 32 heavy (non-hydrogen) atoms. The van der Waals surface area contributed by atoms with Gasteiger partial charge in [-0.25, -0.2) is 9.97 Å². The van der Waals surface area contributed by atoms with Gasteiger partial charge in [0.1, 0.15) is 0 Å². The molecule has 0 saturated heterocycles. The smallest absolute Gasteiger partial charge is 0.257 e. The minimum atomic E-state index is -0.463. The number of nitrogens with zero attached hydrogens (tertiary/aromatic N) is 5. The first-order valence-corrected chi connectivity index (χ1v) is 10.8. The van der Waals surface area contributed by atoms with Gasteiger partial charge in [0.2, 0.25) is 5.95 Å². The maximum atomic E-state index is 5.60. The quantitative estimate of drug-likeness (QED) is 0.448. The van der Waals surface area contributed by atoms with Gasteiger partial charge in [-0.15, -0.1) is 0 Å². The van der Waals surface area contributed by atoms with E-state index in [1.807, 2.05) is 63.4 Å². The Kier molecular flexibility index (Phi) is 6.98. The average molecular weight is 431 g/mol. The van der Waals surface area contributed by atoms with Crippen molar-refractivity contribution in [1.29, 1.82) is 0 Å². The van der Waals surface area contributed by atoms with Crippen molar-refractivity contribution >= 4 is 5.95 Å². The summed E-state index contributed by atoms with van der Waals surface area (Å²) < 4.78 is 5.60. The molecular formula is C25H30N6O. The monoisotopic (exact) mass is 430 g/mol. The summed E-state index contributed by atoms with van der Waals surface area (Å²) in [6.07, 6.45) is 5.19. The average Bonchev–Trinajstić information content (AvgIpc) is 3.31. The van der Waals surface area contributed by atoms with E-state index in [1.54, 1.807) is 12.4 Å². The van der Waals surface area contributed by atoms with Crippen LogP contribution in [-0.4, -0.2) is 25.1 Å². The van der Waals surface area contributed by atoms with Gasteiger partial charge in [-0.3, -0.25) is 4.98 Å². The van der Waals surface area contributed by atoms with Crippen LogP contribution in [0.5, 0.6) is 0 Å². The van der Waals surface area contributed by atoms with Gasteiger partial charge in [-0.1, -0.05) is 56.6 Å². The summed E-state index contributed by atoms with van der Waals surface area (Å²) >= 11 is 0. The van der Waals surface area contributed by atoms with Crippen molar-refractivity contribution in [1.82, 2.24) is 25.1 Å². The van der Waals surface area contributed by atoms with Crippen molar-refractivity contribution < 1.29 is 4.52 Å². The molecule has 0 spiro atoms. The highest BCUT2D eigenvalue weighted by atomic mass is 16.5. The number of hydrogen-bond acceptors (Lipinski definition) is 7. The number of hydrogen-bond donors (Lipinski definition) is 1. The number of aromatic nitrogens is 5. The summed E-state index contributed by atoms with van der Waals surface area (Å²) in [4.78, 5) is 17.4. The van der Waals surface area contributed by atoms with Crippen LogP contribution in [0.25, 0.3) is 22.7 Å². The summed E-state index contributed by atoms with van der Waals surface area (Å²) in [5.74, 6) is 1.61. The normalized spacial score (nSPS) is 12.7. The fraction of sp³-hybridized carbons (Fsp3) is 0.320. The van der Waals surface area contributed by atoms with Gasteiger partial charge >= 0.3 is 0 Å². The highest BCUT2D eigenvalue weighted by molar-refractivity contribution is 5.58. The van der Waals surface area contributed by atoms with E-state index in [-0.39, 0.29) is 11.9 Å². The molecule has 1 aromatic carbocycles. The molecular weight excluding hydrogens is 400 g/mol. The van der Waals surface area contributed by atoms with Gasteiger partial charge in [0.25, 0.3) is 5.89 Å². The van der Waals surface area contributed by atoms with Crippen molar-refractivity contribution in [2.45, 2.75) is 47.0 Å². The molecule has 7 heteroatoms. The summed E-state index contributed by atoms with van der Waals surface area (Å²) in [5, 5.41) is 4.33. The third-order valence-corrected chi connectivity index (χ3v) is 5.67. The molecule has 166 valence electrons. The Morgan fingerprint density at radius 1 is 0.875 bits per heavy atom. The Hall–Kier alpha value is -3.61. The van der Waals surface area contributed by atoms with Crippen molar-refractivity contribution in [3.05, 3.63) is 71.9 Å². The van der Waals surface area contributed by atoms with Crippen LogP contribution in [0.4, 0.5) is 5.95 Å². The van der Waals surface area contributed by atoms with E-state index < -0.39 is 5.41 Å². The van der Waals surface area contributed by atoms with Crippen molar-refractivity contribution in [2.24, 2.45) is 5.92 Å². The molecule has 7 nitrogen and oxygen atoms in total. The molecule has 0 bridgehead atoms. The fourth-order valence-electron chi connectivity index (χ4n) is 3.31. The Morgan fingerprint density at radius 2 is 1.53 bits per heavy atom. The second-order valence-corrected chi connectivity index (χ2v) is 7.91. The number of nitrogen functional groups attached to an aromatic ring is 1. The number of anilines is 1. The number of rotatable bonds is 5. The molecule has 0 fully saturated rings. The highest BCUT2D eigenvalue weighted by Gasteiger charge is 2.38. The van der Waals surface area contributed by atoms with Crippen LogP contribution in [0.15, 0.2) is 59.5 Å². The number of pyridine rings is 1. The third-order valence-electron chi connectivity index (χ3n) is 5.67. The predicted molar refractivity (Wildman–Crippen MR) is 127 cm³/mol. The van der Waals surface area contributed by atoms with Crippen LogP contribution in [0, 0.1) is 12.8 Å². The van der Waals surface area contributed by atoms with E-state index in [4.69, 9.17) is 15.2 Å². The lowest BCUT2D eigenvalue weighted by Crippen LogP contribution is -2.31. The summed E-state index contributed by atoms with van der Waals surface area (Å²) in [6.45, 7) is 12.4. The largest absolute Gasteiger partial charge is 0.368 e. The van der Waals surface area contributed by atoms with E-state index in [9.17, 15) is 0 Å². The Balaban J connectivity index is 0.00000141. The van der Waals surface area contributed by atoms with E-state index in [0.29, 0.717) is 11.7 Å². The van der Waals surface area contributed by atoms with E-state index in [0.717, 1.165) is 22.4 Å². The first-order chi connectivity index (χ1) is 15.4. The second-order valence-electron chi connectivity index (χ2n) is 7.91. The molecule has 0 amide bonds. The zero-order chi connectivity index (χ0) is 23.3. The molecule has 0 aliphatic carbocycles. The molecule has 3 heterocycles. The summed E-state index contributed by atoms with van der Waals surface area (Å²) in [7, 11) is 0. The predicted octanol–water partition coefficient (Wildman–Crippen LogP) is 5.47. The summed E-state index contributed by atoms with van der Waals surface area (Å²) in [6, 6.07) is 12.0. The van der Waals surface area contributed by atoms with E-state index in [1.165, 1.54) is 5.56 Å². The zero-order valence-electron chi connectivity index (χ0n) is 19.5. The lowest BCUT2D eigenvalue weighted by Gasteiger charge is -2.30. The minimum Gasteiger partial charge on any atom is -0.368 e. The lowest BCUT2D eigenvalue weighted by atomic mass is 9.73. The molecule has 0 radical (unpaired) electrons. The topological polar surface area (TPSA) is 104 Å². The molecule has 4 aromatic rings. The third kappa shape index (κ3) is 4.51. The maximum Gasteiger partial charge on any atom is 0.257 e. The second kappa shape index (κ2) is 9.68. The van der Waals surface area contributed by atoms with Crippen LogP contribution in [0.2, 0.25) is 0 Å². The Bertz CT molecular complexity index is 1130. The number of aryl methyl sites for hydroxylation is 1. The highest BCUT2D eigenvalue weighted by Crippen LogP contribution is 2.38. The van der Waals surface area contributed by atoms with Crippen LogP contribution < -0.4 is 5.73 Å². The lowest BCUT2D eigenvalue weighted by molar-refractivity contribution is 0.350. The molecule has 4 rings (SSSR count). The summed E-state index contributed by atoms with van der Waals surface area (Å²) in [5.41, 5.74) is 9.79. The van der Waals surface area contributed by atoms with Crippen LogP contribution >= 0.6 is 0 Å². The number of nitrogens with two attached hydrogens (primary N) is 1. The molecule has 3 aromatic heterocycles. The standard InChI is InChI=1S/C23H24N6O.C2H6/c1-14(2)23(4,21-28-20(30-29-21)16-7-5-15(3)6-8-16)18-9-10-19(25-13-18)17-11-26-22(24)27-12-17;1-2/h5-14H,1-4H3,(H2,24,26,27);1-2H3. The van der Waals surface area contributed by atoms with Crippen molar-refractivity contribution in [2.75, 3.05) is 5.73 Å². The van der Waals surface area contributed by atoms with Gasteiger partial charge in [0.15, 0.2) is 5.82 Å². The maximum absolute atomic E-state index is 5.60. The molecule has 0 aliphatic heterocycles. The molecule has 0 saturated carbocycles. The van der Waals surface area contributed by atoms with Crippen molar-refractivity contribution in [3.63, 3.8) is 0 Å². The van der Waals surface area contributed by atoms with Gasteiger partial charge in [0, 0.05) is 29.7 Å². The fourth-order valence-corrected chi connectivity index (χ4v) is 3.31. The minimum absolute atomic E-state index is 0.216. The van der Waals surface area contributed by atoms with Gasteiger partial charge in [-0.05, 0) is 43.5 Å². The first-order valence-electron chi connectivity index (χ1n) is 10.8. The van der Waals surface area contributed by atoms with E-state index in [2.05, 4.69) is 40.9 Å². The van der Waals surface area contributed by atoms with Crippen LogP contribution in [-0.2, 0) is 5.41 Å². The van der Waals surface area contributed by atoms with Crippen molar-refractivity contribution in [3.8, 4) is 22.7 Å². The molecule has 2 N–H and O–H groups in total. The number of benzene rings is 1. The van der Waals surface area contributed by atoms with Gasteiger partial charge in [0.05, 0.1) is 11.1 Å². The zero-order valence-corrected chi connectivity index (χ0v) is 19.5. The Morgan fingerprint density at radius 3 is 2.09 bits per heavy atom. The molecule has 0 aliphatic rings. The molecule has 1 atom stereocenters. The van der Waals surface area contributed by atoms with Crippen LogP contribution in [0.3, 0.4) is 0 Å². The first kappa shape index (κ1) is 23.1.